The highest BCUT2D eigenvalue weighted by atomic mass is 35.5. The van der Waals surface area contributed by atoms with E-state index in [-0.39, 0.29) is 18.1 Å². The van der Waals surface area contributed by atoms with Crippen LogP contribution in [0.4, 0.5) is 4.79 Å². The molecule has 1 aliphatic rings. The zero-order valence-electron chi connectivity index (χ0n) is 12.7. The molecule has 2 amide bonds. The van der Waals surface area contributed by atoms with Crippen LogP contribution in [-0.4, -0.2) is 23.5 Å². The number of nitrogens with one attached hydrogen (secondary N) is 1. The van der Waals surface area contributed by atoms with Crippen molar-refractivity contribution < 1.29 is 4.79 Å². The molecular weight excluding hydrogens is 316 g/mol. The Bertz CT molecular complexity index is 666. The monoisotopic (exact) mass is 334 g/mol. The van der Waals surface area contributed by atoms with Crippen LogP contribution in [0.15, 0.2) is 35.7 Å². The molecule has 0 aliphatic carbocycles. The average molecular weight is 335 g/mol. The summed E-state index contributed by atoms with van der Waals surface area (Å²) < 4.78 is 0. The third kappa shape index (κ3) is 2.99. The Balaban J connectivity index is 1.99. The molecule has 0 bridgehead atoms. The highest BCUT2D eigenvalue weighted by Crippen LogP contribution is 2.38. The summed E-state index contributed by atoms with van der Waals surface area (Å²) in [6, 6.07) is 10.0. The van der Waals surface area contributed by atoms with Crippen molar-refractivity contribution >= 4 is 29.0 Å². The fourth-order valence-corrected chi connectivity index (χ4v) is 3.90. The van der Waals surface area contributed by atoms with Gasteiger partial charge in [0, 0.05) is 22.5 Å². The van der Waals surface area contributed by atoms with Crippen LogP contribution < -0.4 is 5.32 Å². The fourth-order valence-electron chi connectivity index (χ4n) is 2.87. The Labute approximate surface area is 139 Å². The van der Waals surface area contributed by atoms with E-state index in [0.717, 1.165) is 18.5 Å². The number of fused-ring (bicyclic) bond motifs is 1. The topological polar surface area (TPSA) is 32.3 Å². The summed E-state index contributed by atoms with van der Waals surface area (Å²) in [6.07, 6.45) is 0.919. The molecule has 116 valence electrons. The van der Waals surface area contributed by atoms with Gasteiger partial charge in [-0.2, -0.15) is 0 Å². The molecule has 0 unspecified atom stereocenters. The van der Waals surface area contributed by atoms with E-state index in [0.29, 0.717) is 5.02 Å². The second kappa shape index (κ2) is 6.31. The largest absolute Gasteiger partial charge is 0.336 e. The van der Waals surface area contributed by atoms with Crippen molar-refractivity contribution in [2.45, 2.75) is 32.4 Å². The Kier molecular flexibility index (Phi) is 4.41. The highest BCUT2D eigenvalue weighted by Gasteiger charge is 2.32. The Morgan fingerprint density at radius 3 is 2.73 bits per heavy atom. The van der Waals surface area contributed by atoms with Crippen LogP contribution in [-0.2, 0) is 6.42 Å². The maximum absolute atomic E-state index is 12.6. The Hall–Kier alpha value is -1.52. The van der Waals surface area contributed by atoms with Gasteiger partial charge in [0.25, 0.3) is 0 Å². The number of amides is 2. The van der Waals surface area contributed by atoms with E-state index >= 15 is 0 Å². The quantitative estimate of drug-likeness (QED) is 0.863. The second-order valence-corrected chi connectivity index (χ2v) is 7.24. The normalized spacial score (nSPS) is 17.5. The molecule has 2 aromatic rings. The first-order chi connectivity index (χ1) is 10.6. The summed E-state index contributed by atoms with van der Waals surface area (Å²) in [5, 5.41) is 5.83. The maximum atomic E-state index is 12.6. The molecule has 3 nitrogen and oxygen atoms in total. The zero-order chi connectivity index (χ0) is 15.7. The molecule has 1 N–H and O–H groups in total. The number of benzene rings is 1. The number of hydrogen-bond acceptors (Lipinski definition) is 2. The van der Waals surface area contributed by atoms with E-state index in [9.17, 15) is 4.79 Å². The van der Waals surface area contributed by atoms with Gasteiger partial charge in [-0.3, -0.25) is 0 Å². The van der Waals surface area contributed by atoms with Crippen molar-refractivity contribution in [1.29, 1.82) is 0 Å². The predicted molar refractivity (Wildman–Crippen MR) is 91.7 cm³/mol. The number of rotatable bonds is 2. The molecule has 0 fully saturated rings. The zero-order valence-corrected chi connectivity index (χ0v) is 14.2. The second-order valence-electron chi connectivity index (χ2n) is 5.80. The molecule has 1 aromatic carbocycles. The number of halogens is 1. The molecular formula is C17H19ClN2OS. The van der Waals surface area contributed by atoms with E-state index in [2.05, 4.69) is 16.8 Å². The molecule has 1 aliphatic heterocycles. The number of carbonyl (C=O) groups excluding carboxylic acids is 1. The lowest BCUT2D eigenvalue weighted by Gasteiger charge is -2.36. The van der Waals surface area contributed by atoms with Gasteiger partial charge in [0.15, 0.2) is 0 Å². The Morgan fingerprint density at radius 2 is 2.05 bits per heavy atom. The lowest BCUT2D eigenvalue weighted by molar-refractivity contribution is 0.178. The molecule has 0 radical (unpaired) electrons. The van der Waals surface area contributed by atoms with Crippen molar-refractivity contribution in [2.24, 2.45) is 0 Å². The van der Waals surface area contributed by atoms with Gasteiger partial charge < -0.3 is 10.2 Å². The molecule has 0 saturated heterocycles. The van der Waals surface area contributed by atoms with E-state index in [1.807, 2.05) is 43.0 Å². The molecule has 1 aromatic heterocycles. The summed E-state index contributed by atoms with van der Waals surface area (Å²) in [7, 11) is 0. The van der Waals surface area contributed by atoms with Crippen LogP contribution in [0.25, 0.3) is 0 Å². The van der Waals surface area contributed by atoms with E-state index in [1.165, 1.54) is 10.4 Å². The minimum atomic E-state index is -0.0361. The molecule has 22 heavy (non-hydrogen) atoms. The third-order valence-electron chi connectivity index (χ3n) is 3.82. The molecule has 2 heterocycles. The summed E-state index contributed by atoms with van der Waals surface area (Å²) in [6.45, 7) is 4.70. The highest BCUT2D eigenvalue weighted by molar-refractivity contribution is 7.10. The third-order valence-corrected chi connectivity index (χ3v) is 5.07. The summed E-state index contributed by atoms with van der Waals surface area (Å²) >= 11 is 7.78. The van der Waals surface area contributed by atoms with Gasteiger partial charge in [0.05, 0.1) is 6.04 Å². The number of nitrogens with zero attached hydrogens (tertiary/aromatic N) is 1. The summed E-state index contributed by atoms with van der Waals surface area (Å²) in [5.41, 5.74) is 2.33. The van der Waals surface area contributed by atoms with E-state index in [1.54, 1.807) is 11.3 Å². The number of hydrogen-bond donors (Lipinski definition) is 1. The van der Waals surface area contributed by atoms with Crippen LogP contribution >= 0.6 is 22.9 Å². The fraction of sp³-hybridized carbons (Fsp3) is 0.353. The first-order valence-corrected chi connectivity index (χ1v) is 8.71. The van der Waals surface area contributed by atoms with E-state index in [4.69, 9.17) is 11.6 Å². The number of carbonyl (C=O) groups is 1. The van der Waals surface area contributed by atoms with Crippen LogP contribution in [0.5, 0.6) is 0 Å². The summed E-state index contributed by atoms with van der Waals surface area (Å²) in [4.78, 5) is 15.9. The molecule has 0 spiro atoms. The van der Waals surface area contributed by atoms with Crippen LogP contribution in [0, 0.1) is 0 Å². The SMILES string of the molecule is CC(C)NC(=O)N1CCc2sccc2[C@H]1c1ccc(Cl)cc1. The standard InChI is InChI=1S/C17H19ClN2OS/c1-11(2)19-17(21)20-9-7-15-14(8-10-22-15)16(20)12-3-5-13(18)6-4-12/h3-6,8,10-11,16H,7,9H2,1-2H3,(H,19,21)/t16-/m1/s1. The van der Waals surface area contributed by atoms with Gasteiger partial charge in [0.2, 0.25) is 0 Å². The van der Waals surface area contributed by atoms with Crippen molar-refractivity contribution in [3.05, 3.63) is 56.7 Å². The Morgan fingerprint density at radius 1 is 1.32 bits per heavy atom. The van der Waals surface area contributed by atoms with Gasteiger partial charge in [0.1, 0.15) is 0 Å². The number of thiophene rings is 1. The summed E-state index contributed by atoms with van der Waals surface area (Å²) in [5.74, 6) is 0. The van der Waals surface area contributed by atoms with Gasteiger partial charge in [-0.15, -0.1) is 11.3 Å². The van der Waals surface area contributed by atoms with Crippen LogP contribution in [0.2, 0.25) is 5.02 Å². The van der Waals surface area contributed by atoms with Crippen molar-refractivity contribution in [2.75, 3.05) is 6.54 Å². The molecule has 0 saturated carbocycles. The predicted octanol–water partition coefficient (Wildman–Crippen LogP) is 4.47. The molecule has 3 rings (SSSR count). The first-order valence-electron chi connectivity index (χ1n) is 7.45. The molecule has 5 heteroatoms. The lowest BCUT2D eigenvalue weighted by Crippen LogP contribution is -2.47. The van der Waals surface area contributed by atoms with Crippen molar-refractivity contribution in [1.82, 2.24) is 10.2 Å². The minimum Gasteiger partial charge on any atom is -0.336 e. The van der Waals surface area contributed by atoms with Crippen molar-refractivity contribution in [3.63, 3.8) is 0 Å². The van der Waals surface area contributed by atoms with Gasteiger partial charge in [-0.05, 0) is 55.0 Å². The maximum Gasteiger partial charge on any atom is 0.318 e. The van der Waals surface area contributed by atoms with Gasteiger partial charge in [-0.25, -0.2) is 4.79 Å². The van der Waals surface area contributed by atoms with Crippen molar-refractivity contribution in [3.8, 4) is 0 Å². The van der Waals surface area contributed by atoms with Crippen LogP contribution in [0.1, 0.15) is 35.9 Å². The smallest absolute Gasteiger partial charge is 0.318 e. The average Bonchev–Trinajstić information content (AvgIpc) is 2.95. The van der Waals surface area contributed by atoms with Gasteiger partial charge in [-0.1, -0.05) is 23.7 Å². The van der Waals surface area contributed by atoms with E-state index < -0.39 is 0 Å². The lowest BCUT2D eigenvalue weighted by atomic mass is 9.93. The van der Waals surface area contributed by atoms with Crippen LogP contribution in [0.3, 0.4) is 0 Å². The van der Waals surface area contributed by atoms with Gasteiger partial charge >= 0.3 is 6.03 Å². The first kappa shape index (κ1) is 15.4. The molecule has 1 atom stereocenters. The minimum absolute atomic E-state index is 0.00759. The number of urea groups is 1.